The van der Waals surface area contributed by atoms with Crippen LogP contribution in [0.4, 0.5) is 10.8 Å². The quantitative estimate of drug-likeness (QED) is 0.858. The van der Waals surface area contributed by atoms with E-state index < -0.39 is 0 Å². The van der Waals surface area contributed by atoms with E-state index in [-0.39, 0.29) is 0 Å². The first kappa shape index (κ1) is 12.4. The molecule has 0 bridgehead atoms. The van der Waals surface area contributed by atoms with Crippen molar-refractivity contribution < 1.29 is 4.74 Å². The lowest BCUT2D eigenvalue weighted by molar-refractivity contribution is 0.206. The summed E-state index contributed by atoms with van der Waals surface area (Å²) in [6, 6.07) is 0.472. The first-order valence-corrected chi connectivity index (χ1v) is 6.63. The number of nitrogen functional groups attached to an aromatic ring is 1. The van der Waals surface area contributed by atoms with Crippen LogP contribution in [0.2, 0.25) is 0 Å². The van der Waals surface area contributed by atoms with Gasteiger partial charge in [0.1, 0.15) is 0 Å². The zero-order valence-corrected chi connectivity index (χ0v) is 11.4. The zero-order chi connectivity index (χ0) is 12.4. The summed E-state index contributed by atoms with van der Waals surface area (Å²) in [6.07, 6.45) is 1.14. The van der Waals surface area contributed by atoms with Gasteiger partial charge in [0, 0.05) is 12.6 Å². The number of nitrogens with zero attached hydrogens (tertiary/aromatic N) is 2. The van der Waals surface area contributed by atoms with Crippen molar-refractivity contribution in [2.24, 2.45) is 5.92 Å². The highest BCUT2D eigenvalue weighted by atomic mass is 32.1. The van der Waals surface area contributed by atoms with Gasteiger partial charge in [-0.05, 0) is 37.5 Å². The van der Waals surface area contributed by atoms with Crippen molar-refractivity contribution in [1.82, 2.24) is 9.27 Å². The van der Waals surface area contributed by atoms with Crippen molar-refractivity contribution in [3.63, 3.8) is 0 Å². The average Bonchev–Trinajstić information content (AvgIpc) is 2.63. The number of anilines is 2. The lowest BCUT2D eigenvalue weighted by Crippen LogP contribution is -2.43. The summed E-state index contributed by atoms with van der Waals surface area (Å²) in [4.78, 5) is 2.36. The molecule has 1 aliphatic rings. The minimum absolute atomic E-state index is 0.472. The van der Waals surface area contributed by atoms with Crippen LogP contribution in [-0.2, 0) is 0 Å². The minimum Gasteiger partial charge on any atom is -0.490 e. The molecule has 0 spiro atoms. The number of likely N-dealkylation sites (tertiary alicyclic amines) is 1. The number of nitrogens with two attached hydrogens (primary N) is 1. The van der Waals surface area contributed by atoms with Gasteiger partial charge in [0.05, 0.1) is 7.11 Å². The fraction of sp³-hybridized carbons (Fsp3) is 0.727. The molecule has 2 unspecified atom stereocenters. The maximum absolute atomic E-state index is 5.74. The Morgan fingerprint density at radius 1 is 1.59 bits per heavy atom. The standard InChI is InChI=1S/C11H20N4OS/c1-7-6-15(2)5-4-8(7)13-11-9(16-3)10(12)14-17-11/h7-8,13H,4-6H2,1-3H3,(H2,12,14). The molecule has 3 N–H and O–H groups in total. The predicted octanol–water partition coefficient (Wildman–Crippen LogP) is 1.49. The molecule has 6 heteroatoms. The molecular weight excluding hydrogens is 236 g/mol. The third-order valence-electron chi connectivity index (χ3n) is 3.30. The van der Waals surface area contributed by atoms with E-state index >= 15 is 0 Å². The Morgan fingerprint density at radius 3 is 3.00 bits per heavy atom. The van der Waals surface area contributed by atoms with Crippen LogP contribution in [0, 0.1) is 5.92 Å². The van der Waals surface area contributed by atoms with Gasteiger partial charge in [0.2, 0.25) is 0 Å². The Kier molecular flexibility index (Phi) is 3.73. The Balaban J connectivity index is 2.05. The van der Waals surface area contributed by atoms with Crippen molar-refractivity contribution >= 4 is 22.4 Å². The summed E-state index contributed by atoms with van der Waals surface area (Å²) in [5.41, 5.74) is 5.74. The Hall–Kier alpha value is -1.01. The third-order valence-corrected chi connectivity index (χ3v) is 4.08. The van der Waals surface area contributed by atoms with Crippen LogP contribution in [0.5, 0.6) is 5.75 Å². The predicted molar refractivity (Wildman–Crippen MR) is 71.8 cm³/mol. The molecule has 1 fully saturated rings. The molecule has 1 saturated heterocycles. The molecule has 1 aliphatic heterocycles. The van der Waals surface area contributed by atoms with Gasteiger partial charge >= 0.3 is 0 Å². The van der Waals surface area contributed by atoms with E-state index in [1.807, 2.05) is 0 Å². The highest BCUT2D eigenvalue weighted by molar-refractivity contribution is 7.11. The summed E-state index contributed by atoms with van der Waals surface area (Å²) in [7, 11) is 3.79. The lowest BCUT2D eigenvalue weighted by Gasteiger charge is -2.35. The van der Waals surface area contributed by atoms with Gasteiger partial charge in [-0.2, -0.15) is 4.37 Å². The number of methoxy groups -OCH3 is 1. The van der Waals surface area contributed by atoms with Crippen molar-refractivity contribution in [2.45, 2.75) is 19.4 Å². The number of rotatable bonds is 3. The zero-order valence-electron chi connectivity index (χ0n) is 10.6. The topological polar surface area (TPSA) is 63.4 Å². The number of aromatic nitrogens is 1. The van der Waals surface area contributed by atoms with Gasteiger partial charge < -0.3 is 20.7 Å². The van der Waals surface area contributed by atoms with E-state index in [4.69, 9.17) is 10.5 Å². The van der Waals surface area contributed by atoms with E-state index in [9.17, 15) is 0 Å². The normalized spacial score (nSPS) is 25.8. The largest absolute Gasteiger partial charge is 0.490 e. The van der Waals surface area contributed by atoms with Crippen molar-refractivity contribution in [3.8, 4) is 5.75 Å². The summed E-state index contributed by atoms with van der Waals surface area (Å²) in [5.74, 6) is 1.77. The second-order valence-electron chi connectivity index (χ2n) is 4.71. The maximum atomic E-state index is 5.74. The fourth-order valence-electron chi connectivity index (χ4n) is 2.32. The maximum Gasteiger partial charge on any atom is 0.197 e. The van der Waals surface area contributed by atoms with Crippen LogP contribution < -0.4 is 15.8 Å². The molecule has 0 aromatic carbocycles. The van der Waals surface area contributed by atoms with E-state index in [0.29, 0.717) is 23.5 Å². The first-order valence-electron chi connectivity index (χ1n) is 5.86. The molecule has 2 rings (SSSR count). The SMILES string of the molecule is COc1c(N)nsc1NC1CCN(C)CC1C. The fourth-order valence-corrected chi connectivity index (χ4v) is 3.07. The van der Waals surface area contributed by atoms with Crippen LogP contribution >= 0.6 is 11.5 Å². The molecule has 1 aromatic heterocycles. The van der Waals surface area contributed by atoms with Gasteiger partial charge in [-0.3, -0.25) is 0 Å². The summed E-state index contributed by atoms with van der Waals surface area (Å²) in [6.45, 7) is 4.51. The number of ether oxygens (including phenoxy) is 1. The Morgan fingerprint density at radius 2 is 2.35 bits per heavy atom. The van der Waals surface area contributed by atoms with E-state index in [2.05, 4.69) is 28.6 Å². The number of piperidine rings is 1. The average molecular weight is 256 g/mol. The Bertz CT molecular complexity index is 382. The molecule has 0 aliphatic carbocycles. The second kappa shape index (κ2) is 5.10. The molecule has 96 valence electrons. The minimum atomic E-state index is 0.472. The highest BCUT2D eigenvalue weighted by Crippen LogP contribution is 2.36. The molecule has 0 amide bonds. The number of nitrogens with one attached hydrogen (secondary N) is 1. The monoisotopic (exact) mass is 256 g/mol. The van der Waals surface area contributed by atoms with Crippen molar-refractivity contribution in [1.29, 1.82) is 0 Å². The van der Waals surface area contributed by atoms with Gasteiger partial charge in [0.25, 0.3) is 0 Å². The highest BCUT2D eigenvalue weighted by Gasteiger charge is 2.26. The van der Waals surface area contributed by atoms with Gasteiger partial charge in [-0.15, -0.1) is 0 Å². The Labute approximate surface area is 106 Å². The molecule has 5 nitrogen and oxygen atoms in total. The van der Waals surface area contributed by atoms with Gasteiger partial charge in [-0.1, -0.05) is 6.92 Å². The molecule has 2 heterocycles. The van der Waals surface area contributed by atoms with E-state index in [1.54, 1.807) is 7.11 Å². The van der Waals surface area contributed by atoms with Gasteiger partial charge in [-0.25, -0.2) is 0 Å². The number of hydrogen-bond donors (Lipinski definition) is 2. The first-order chi connectivity index (χ1) is 8.11. The smallest absolute Gasteiger partial charge is 0.197 e. The molecule has 0 saturated carbocycles. The van der Waals surface area contributed by atoms with Gasteiger partial charge in [0.15, 0.2) is 16.6 Å². The summed E-state index contributed by atoms with van der Waals surface area (Å²) >= 11 is 1.37. The van der Waals surface area contributed by atoms with Crippen LogP contribution in [0.1, 0.15) is 13.3 Å². The molecule has 1 aromatic rings. The van der Waals surface area contributed by atoms with E-state index in [0.717, 1.165) is 24.5 Å². The van der Waals surface area contributed by atoms with Crippen LogP contribution in [-0.4, -0.2) is 42.6 Å². The van der Waals surface area contributed by atoms with Crippen LogP contribution in [0.15, 0.2) is 0 Å². The molecule has 0 radical (unpaired) electrons. The summed E-state index contributed by atoms with van der Waals surface area (Å²) < 4.78 is 9.38. The summed E-state index contributed by atoms with van der Waals surface area (Å²) in [5, 5.41) is 4.47. The number of hydrogen-bond acceptors (Lipinski definition) is 6. The van der Waals surface area contributed by atoms with Crippen molar-refractivity contribution in [2.75, 3.05) is 38.3 Å². The third kappa shape index (κ3) is 2.63. The molecule has 17 heavy (non-hydrogen) atoms. The molecular formula is C11H20N4OS. The van der Waals surface area contributed by atoms with E-state index in [1.165, 1.54) is 11.5 Å². The molecule has 2 atom stereocenters. The lowest BCUT2D eigenvalue weighted by atomic mass is 9.94. The second-order valence-corrected chi connectivity index (χ2v) is 5.48. The van der Waals surface area contributed by atoms with Crippen LogP contribution in [0.25, 0.3) is 0 Å². The van der Waals surface area contributed by atoms with Crippen molar-refractivity contribution in [3.05, 3.63) is 0 Å². The van der Waals surface area contributed by atoms with Crippen LogP contribution in [0.3, 0.4) is 0 Å².